The van der Waals surface area contributed by atoms with Crippen LogP contribution >= 0.6 is 0 Å². The summed E-state index contributed by atoms with van der Waals surface area (Å²) in [4.78, 5) is 34.3. The molecule has 0 atom stereocenters. The van der Waals surface area contributed by atoms with E-state index in [4.69, 9.17) is 4.74 Å². The molecule has 1 aliphatic carbocycles. The largest absolute Gasteiger partial charge is 0.496 e. The van der Waals surface area contributed by atoms with Gasteiger partial charge in [0.2, 0.25) is 11.6 Å². The van der Waals surface area contributed by atoms with Crippen molar-refractivity contribution in [1.29, 1.82) is 0 Å². The van der Waals surface area contributed by atoms with Crippen molar-refractivity contribution < 1.29 is 19.1 Å². The van der Waals surface area contributed by atoms with Crippen LogP contribution in [0.25, 0.3) is 0 Å². The molecule has 1 aromatic carbocycles. The highest BCUT2D eigenvalue weighted by Crippen LogP contribution is 2.27. The Hall–Kier alpha value is -1.97. The second kappa shape index (κ2) is 3.31. The summed E-state index contributed by atoms with van der Waals surface area (Å²) in [6, 6.07) is 4.71. The Morgan fingerprint density at radius 3 is 2.53 bits per heavy atom. The monoisotopic (exact) mass is 204 g/mol. The van der Waals surface area contributed by atoms with Gasteiger partial charge in [0.1, 0.15) is 5.75 Å². The van der Waals surface area contributed by atoms with E-state index in [9.17, 15) is 14.4 Å². The molecule has 1 aromatic rings. The molecule has 0 heterocycles. The van der Waals surface area contributed by atoms with E-state index in [1.165, 1.54) is 13.2 Å². The molecule has 2 rings (SSSR count). The Bertz CT molecular complexity index is 473. The van der Waals surface area contributed by atoms with Gasteiger partial charge >= 0.3 is 0 Å². The van der Waals surface area contributed by atoms with Crippen molar-refractivity contribution in [3.63, 3.8) is 0 Å². The van der Waals surface area contributed by atoms with Gasteiger partial charge in [0.25, 0.3) is 0 Å². The van der Waals surface area contributed by atoms with Crippen LogP contribution in [0.3, 0.4) is 0 Å². The number of methoxy groups -OCH3 is 1. The van der Waals surface area contributed by atoms with Crippen LogP contribution in [0.4, 0.5) is 0 Å². The summed E-state index contributed by atoms with van der Waals surface area (Å²) >= 11 is 0. The lowest BCUT2D eigenvalue weighted by Crippen LogP contribution is -2.27. The molecule has 1 aliphatic rings. The second-order valence-electron chi connectivity index (χ2n) is 3.24. The Morgan fingerprint density at radius 1 is 1.13 bits per heavy atom. The minimum Gasteiger partial charge on any atom is -0.496 e. The van der Waals surface area contributed by atoms with E-state index in [2.05, 4.69) is 0 Å². The van der Waals surface area contributed by atoms with E-state index in [1.807, 2.05) is 0 Å². The number of ketones is 3. The van der Waals surface area contributed by atoms with Gasteiger partial charge in [-0.25, -0.2) is 0 Å². The zero-order valence-corrected chi connectivity index (χ0v) is 8.07. The number of hydrogen-bond acceptors (Lipinski definition) is 4. The first-order chi connectivity index (χ1) is 7.15. The average Bonchev–Trinajstić information content (AvgIpc) is 2.25. The predicted octanol–water partition coefficient (Wildman–Crippen LogP) is 1.03. The molecular weight excluding hydrogens is 196 g/mol. The Balaban J connectivity index is 2.71. The smallest absolute Gasteiger partial charge is 0.233 e. The zero-order chi connectivity index (χ0) is 11.0. The average molecular weight is 204 g/mol. The van der Waals surface area contributed by atoms with Gasteiger partial charge < -0.3 is 4.74 Å². The number of ether oxygens (including phenoxy) is 1. The Kier molecular flexibility index (Phi) is 2.11. The normalized spacial score (nSPS) is 15.1. The van der Waals surface area contributed by atoms with Gasteiger partial charge in [0, 0.05) is 5.56 Å². The first kappa shape index (κ1) is 9.58. The minimum absolute atomic E-state index is 0.0984. The fraction of sp³-hybridized carbons (Fsp3) is 0.182. The van der Waals surface area contributed by atoms with Gasteiger partial charge in [-0.1, -0.05) is 12.1 Å². The fourth-order valence-corrected chi connectivity index (χ4v) is 1.63. The van der Waals surface area contributed by atoms with E-state index < -0.39 is 11.6 Å². The van der Waals surface area contributed by atoms with E-state index >= 15 is 0 Å². The highest BCUT2D eigenvalue weighted by molar-refractivity contribution is 6.51. The Labute approximate surface area is 85.8 Å². The van der Waals surface area contributed by atoms with Gasteiger partial charge in [-0.3, -0.25) is 14.4 Å². The summed E-state index contributed by atoms with van der Waals surface area (Å²) in [6.45, 7) is 0. The van der Waals surface area contributed by atoms with Gasteiger partial charge in [-0.05, 0) is 6.07 Å². The molecular formula is C11H8O4. The summed E-state index contributed by atoms with van der Waals surface area (Å²) in [5.41, 5.74) is 0.375. The molecule has 76 valence electrons. The molecule has 4 nitrogen and oxygen atoms in total. The van der Waals surface area contributed by atoms with Gasteiger partial charge in [-0.2, -0.15) is 0 Å². The maximum absolute atomic E-state index is 11.6. The number of carbonyl (C=O) groups is 3. The highest BCUT2D eigenvalue weighted by Gasteiger charge is 2.33. The highest BCUT2D eigenvalue weighted by atomic mass is 16.5. The molecule has 0 saturated heterocycles. The molecule has 15 heavy (non-hydrogen) atoms. The molecule has 0 fully saturated rings. The maximum Gasteiger partial charge on any atom is 0.233 e. The van der Waals surface area contributed by atoms with Gasteiger partial charge in [0.15, 0.2) is 5.78 Å². The van der Waals surface area contributed by atoms with Crippen LogP contribution in [0.1, 0.15) is 27.1 Å². The third kappa shape index (κ3) is 1.34. The second-order valence-corrected chi connectivity index (χ2v) is 3.24. The molecule has 0 spiro atoms. The van der Waals surface area contributed by atoms with Crippen molar-refractivity contribution in [3.8, 4) is 5.75 Å². The third-order valence-electron chi connectivity index (χ3n) is 2.35. The molecule has 0 amide bonds. The molecule has 0 aliphatic heterocycles. The van der Waals surface area contributed by atoms with Crippen LogP contribution in [-0.4, -0.2) is 24.5 Å². The van der Waals surface area contributed by atoms with Crippen molar-refractivity contribution in [2.24, 2.45) is 0 Å². The lowest BCUT2D eigenvalue weighted by atomic mass is 9.88. The van der Waals surface area contributed by atoms with E-state index in [1.54, 1.807) is 12.1 Å². The van der Waals surface area contributed by atoms with Crippen LogP contribution in [-0.2, 0) is 4.79 Å². The van der Waals surface area contributed by atoms with Gasteiger partial charge in [-0.15, -0.1) is 0 Å². The number of hydrogen-bond donors (Lipinski definition) is 0. The van der Waals surface area contributed by atoms with Crippen molar-refractivity contribution in [3.05, 3.63) is 29.3 Å². The fourth-order valence-electron chi connectivity index (χ4n) is 1.63. The molecule has 0 N–H and O–H groups in total. The number of fused-ring (bicyclic) bond motifs is 1. The van der Waals surface area contributed by atoms with Crippen LogP contribution in [0, 0.1) is 0 Å². The molecule has 4 heteroatoms. The zero-order valence-electron chi connectivity index (χ0n) is 8.07. The number of carbonyl (C=O) groups excluding carboxylic acids is 3. The van der Waals surface area contributed by atoms with E-state index in [0.717, 1.165) is 0 Å². The summed E-state index contributed by atoms with van der Waals surface area (Å²) in [7, 11) is 1.40. The van der Waals surface area contributed by atoms with Crippen LogP contribution < -0.4 is 4.74 Å². The maximum atomic E-state index is 11.6. The van der Waals surface area contributed by atoms with Crippen molar-refractivity contribution in [2.75, 3.05) is 7.11 Å². The first-order valence-corrected chi connectivity index (χ1v) is 4.43. The minimum atomic E-state index is -0.669. The quantitative estimate of drug-likeness (QED) is 0.506. The first-order valence-electron chi connectivity index (χ1n) is 4.43. The van der Waals surface area contributed by atoms with Crippen LogP contribution in [0.5, 0.6) is 5.75 Å². The van der Waals surface area contributed by atoms with Crippen molar-refractivity contribution in [2.45, 2.75) is 6.42 Å². The number of Topliss-reactive ketones (excluding diaryl/α,β-unsaturated/α-hetero) is 3. The predicted molar refractivity (Wildman–Crippen MR) is 51.3 cm³/mol. The van der Waals surface area contributed by atoms with Crippen LogP contribution in [0.2, 0.25) is 0 Å². The molecule has 0 saturated carbocycles. The lowest BCUT2D eigenvalue weighted by molar-refractivity contribution is -0.114. The van der Waals surface area contributed by atoms with Crippen molar-refractivity contribution in [1.82, 2.24) is 0 Å². The molecule has 0 bridgehead atoms. The standard InChI is InChI=1S/C11H8O4/c1-15-9-4-2-3-6-7(12)5-8(13)11(14)10(6)9/h2-4H,5H2,1H3. The summed E-state index contributed by atoms with van der Waals surface area (Å²) in [5.74, 6) is -1.36. The number of benzene rings is 1. The van der Waals surface area contributed by atoms with E-state index in [-0.39, 0.29) is 29.1 Å². The topological polar surface area (TPSA) is 60.4 Å². The Morgan fingerprint density at radius 2 is 1.87 bits per heavy atom. The lowest BCUT2D eigenvalue weighted by Gasteiger charge is -2.15. The summed E-state index contributed by atoms with van der Waals surface area (Å²) in [6.07, 6.45) is -0.334. The third-order valence-corrected chi connectivity index (χ3v) is 2.35. The van der Waals surface area contributed by atoms with Crippen LogP contribution in [0.15, 0.2) is 18.2 Å². The summed E-state index contributed by atoms with van der Waals surface area (Å²) < 4.78 is 4.95. The van der Waals surface area contributed by atoms with Crippen molar-refractivity contribution >= 4 is 17.3 Å². The SMILES string of the molecule is COc1cccc2c1C(=O)C(=O)CC2=O. The van der Waals surface area contributed by atoms with E-state index in [0.29, 0.717) is 0 Å². The van der Waals surface area contributed by atoms with Gasteiger partial charge in [0.05, 0.1) is 19.1 Å². The summed E-state index contributed by atoms with van der Waals surface area (Å²) in [5, 5.41) is 0. The number of rotatable bonds is 1. The molecule has 0 unspecified atom stereocenters. The molecule has 0 aromatic heterocycles. The molecule has 0 radical (unpaired) electrons.